The number of hydrogen-bond acceptors (Lipinski definition) is 14. The average Bonchev–Trinajstić information content (AvgIpc) is 3.28. The van der Waals surface area contributed by atoms with Crippen LogP contribution in [0.2, 0.25) is 0 Å². The minimum Gasteiger partial charge on any atom is -0.496 e. The average molecular weight is 833 g/mol. The van der Waals surface area contributed by atoms with E-state index in [1.807, 2.05) is 0 Å². The zero-order valence-electron chi connectivity index (χ0n) is 32.8. The number of methoxy groups -OCH3 is 3. The molecule has 0 aromatic heterocycles. The number of hydrogen-bond donors (Lipinski definition) is 3. The molecule has 6 aromatic rings. The molecule has 0 heterocycles. The van der Waals surface area contributed by atoms with Gasteiger partial charge in [-0.3, -0.25) is 0 Å². The number of aliphatic hydroxyl groups excluding tert-OH is 3. The van der Waals surface area contributed by atoms with Gasteiger partial charge >= 0.3 is 23.9 Å². The maximum absolute atomic E-state index is 15.3. The van der Waals surface area contributed by atoms with E-state index in [-0.39, 0.29) is 62.1 Å². The maximum Gasteiger partial charge on any atom is 0.347 e. The van der Waals surface area contributed by atoms with Gasteiger partial charge in [-0.2, -0.15) is 0 Å². The summed E-state index contributed by atoms with van der Waals surface area (Å²) >= 11 is 0. The summed E-state index contributed by atoms with van der Waals surface area (Å²) in [5.41, 5.74) is 1.81. The van der Waals surface area contributed by atoms with Crippen molar-refractivity contribution in [2.45, 2.75) is 19.8 Å². The van der Waals surface area contributed by atoms with Gasteiger partial charge in [0.2, 0.25) is 0 Å². The van der Waals surface area contributed by atoms with Crippen molar-refractivity contribution < 1.29 is 72.0 Å². The van der Waals surface area contributed by atoms with Gasteiger partial charge in [0.05, 0.1) is 57.8 Å². The quantitative estimate of drug-likeness (QED) is 0.0717. The molecule has 14 nitrogen and oxygen atoms in total. The van der Waals surface area contributed by atoms with E-state index in [0.29, 0.717) is 28.2 Å². The van der Waals surface area contributed by atoms with E-state index in [0.717, 1.165) is 6.07 Å². The first-order chi connectivity index (χ1) is 29.5. The molecule has 0 aliphatic heterocycles. The second-order valence-electron chi connectivity index (χ2n) is 12.9. The molecule has 3 N–H and O–H groups in total. The molecule has 6 aromatic carbocycles. The molecule has 0 atom stereocenters. The summed E-state index contributed by atoms with van der Waals surface area (Å²) in [6.07, 6.45) is 0. The molecule has 0 bridgehead atoms. The van der Waals surface area contributed by atoms with Crippen LogP contribution < -0.4 is 33.2 Å². The zero-order valence-corrected chi connectivity index (χ0v) is 32.8. The molecule has 0 fully saturated rings. The van der Waals surface area contributed by atoms with Gasteiger partial charge in [-0.25, -0.2) is 23.6 Å². The lowest BCUT2D eigenvalue weighted by Gasteiger charge is -2.13. The normalized spacial score (nSPS) is 10.7. The van der Waals surface area contributed by atoms with Crippen LogP contribution in [0.4, 0.5) is 4.39 Å². The van der Waals surface area contributed by atoms with Gasteiger partial charge in [0.25, 0.3) is 0 Å². The van der Waals surface area contributed by atoms with E-state index in [1.54, 1.807) is 12.1 Å². The Labute approximate surface area is 347 Å². The molecule has 0 amide bonds. The van der Waals surface area contributed by atoms with Gasteiger partial charge in [0.1, 0.15) is 40.1 Å². The molecule has 0 radical (unpaired) electrons. The fraction of sp³-hybridized carbons (Fsp3) is 0.130. The van der Waals surface area contributed by atoms with Crippen LogP contribution in [-0.2, 0) is 19.8 Å². The Morgan fingerprint density at radius 1 is 0.443 bits per heavy atom. The molecule has 312 valence electrons. The molecular formula is C46H37FO14. The third kappa shape index (κ3) is 10.00. The molecule has 0 spiro atoms. The van der Waals surface area contributed by atoms with Crippen LogP contribution in [-0.4, -0.2) is 60.5 Å². The lowest BCUT2D eigenvalue weighted by Crippen LogP contribution is -2.14. The van der Waals surface area contributed by atoms with E-state index >= 15 is 4.39 Å². The van der Waals surface area contributed by atoms with Crippen molar-refractivity contribution in [3.63, 3.8) is 0 Å². The molecule has 0 saturated carbocycles. The lowest BCUT2D eigenvalue weighted by molar-refractivity contribution is 0.0717. The molecule has 6 rings (SSSR count). The smallest absolute Gasteiger partial charge is 0.347 e. The highest BCUT2D eigenvalue weighted by Gasteiger charge is 2.21. The first-order valence-corrected chi connectivity index (χ1v) is 18.2. The first-order valence-electron chi connectivity index (χ1n) is 18.2. The van der Waals surface area contributed by atoms with Crippen molar-refractivity contribution in [1.29, 1.82) is 0 Å². The molecule has 0 aliphatic carbocycles. The van der Waals surface area contributed by atoms with Gasteiger partial charge < -0.3 is 48.5 Å². The summed E-state index contributed by atoms with van der Waals surface area (Å²) in [6.45, 7) is -1.35. The summed E-state index contributed by atoms with van der Waals surface area (Å²) in [5.74, 6) is -2.54. The van der Waals surface area contributed by atoms with E-state index in [1.165, 1.54) is 118 Å². The SMILES string of the molecule is COc1cc(OC)c(C(=O)Oc2ccc(C(=O)Oc3ccc(-c4ccc(OC(=O)c5ccc(OC(=O)c6cc(CO)c(CO)cc6CO)cc5)cc4F)cc3)cc2)cc1OC. The molecule has 0 saturated heterocycles. The van der Waals surface area contributed by atoms with Gasteiger partial charge in [-0.1, -0.05) is 12.1 Å². The Balaban J connectivity index is 1.03. The Kier molecular flexibility index (Phi) is 13.7. The number of ether oxygens (including phenoxy) is 7. The summed E-state index contributed by atoms with van der Waals surface area (Å²) < 4.78 is 52.8. The topological polar surface area (TPSA) is 194 Å². The molecule has 0 unspecified atom stereocenters. The predicted molar refractivity (Wildman–Crippen MR) is 215 cm³/mol. The fourth-order valence-electron chi connectivity index (χ4n) is 6.01. The Morgan fingerprint density at radius 2 is 0.869 bits per heavy atom. The van der Waals surface area contributed by atoms with Crippen LogP contribution in [0.5, 0.6) is 40.2 Å². The van der Waals surface area contributed by atoms with Gasteiger partial charge in [-0.15, -0.1) is 0 Å². The number of esters is 4. The zero-order chi connectivity index (χ0) is 43.6. The van der Waals surface area contributed by atoms with Crippen molar-refractivity contribution in [2.24, 2.45) is 0 Å². The predicted octanol–water partition coefficient (Wildman–Crippen LogP) is 6.87. The maximum atomic E-state index is 15.3. The molecular weight excluding hydrogens is 795 g/mol. The highest BCUT2D eigenvalue weighted by Crippen LogP contribution is 2.35. The third-order valence-corrected chi connectivity index (χ3v) is 9.21. The van der Waals surface area contributed by atoms with Crippen molar-refractivity contribution in [3.8, 4) is 51.4 Å². The van der Waals surface area contributed by atoms with Crippen LogP contribution in [0, 0.1) is 5.82 Å². The Morgan fingerprint density at radius 3 is 1.36 bits per heavy atom. The third-order valence-electron chi connectivity index (χ3n) is 9.21. The number of carbonyl (C=O) groups excluding carboxylic acids is 4. The second-order valence-corrected chi connectivity index (χ2v) is 12.9. The minimum atomic E-state index is -0.829. The Bertz CT molecular complexity index is 2570. The fourth-order valence-corrected chi connectivity index (χ4v) is 6.01. The molecule has 61 heavy (non-hydrogen) atoms. The second kappa shape index (κ2) is 19.4. The number of benzene rings is 6. The van der Waals surface area contributed by atoms with Crippen molar-refractivity contribution in [1.82, 2.24) is 0 Å². The van der Waals surface area contributed by atoms with Crippen LogP contribution in [0.25, 0.3) is 11.1 Å². The molecule has 15 heteroatoms. The van der Waals surface area contributed by atoms with Crippen LogP contribution >= 0.6 is 0 Å². The van der Waals surface area contributed by atoms with Crippen molar-refractivity contribution in [2.75, 3.05) is 21.3 Å². The summed E-state index contributed by atoms with van der Waals surface area (Å²) in [5, 5.41) is 28.8. The van der Waals surface area contributed by atoms with Gasteiger partial charge in [0, 0.05) is 23.8 Å². The summed E-state index contributed by atoms with van der Waals surface area (Å²) in [4.78, 5) is 51.5. The minimum absolute atomic E-state index is 0.00497. The highest BCUT2D eigenvalue weighted by atomic mass is 19.1. The summed E-state index contributed by atoms with van der Waals surface area (Å²) in [7, 11) is 4.28. The van der Waals surface area contributed by atoms with Crippen molar-refractivity contribution in [3.05, 3.63) is 160 Å². The van der Waals surface area contributed by atoms with Gasteiger partial charge in [-0.05, 0) is 107 Å². The van der Waals surface area contributed by atoms with Crippen LogP contribution in [0.1, 0.15) is 58.1 Å². The van der Waals surface area contributed by atoms with Crippen LogP contribution in [0.15, 0.2) is 115 Å². The number of carbonyl (C=O) groups is 4. The lowest BCUT2D eigenvalue weighted by atomic mass is 9.99. The Hall–Kier alpha value is -7.59. The highest BCUT2D eigenvalue weighted by molar-refractivity contribution is 5.96. The largest absolute Gasteiger partial charge is 0.496 e. The monoisotopic (exact) mass is 832 g/mol. The number of rotatable bonds is 15. The van der Waals surface area contributed by atoms with E-state index in [2.05, 4.69) is 0 Å². The van der Waals surface area contributed by atoms with E-state index in [9.17, 15) is 34.5 Å². The first kappa shape index (κ1) is 43.0. The standard InChI is InChI=1S/C46H37FO14/c1-55-40-22-42(57-3)41(56-2)21-38(40)46(54)60-34-14-6-27(7-15-34)43(51)58-32-10-4-26(5-11-32)36-17-16-35(20-39(36)47)61-44(52)28-8-12-33(13-9-28)59-45(53)37-19-30(24-49)29(23-48)18-31(37)25-50/h4-22,48-50H,23-25H2,1-3H3. The van der Waals surface area contributed by atoms with E-state index in [4.69, 9.17) is 33.2 Å². The summed E-state index contributed by atoms with van der Waals surface area (Å²) in [6, 6.07) is 26.7. The number of halogens is 1. The van der Waals surface area contributed by atoms with Crippen LogP contribution in [0.3, 0.4) is 0 Å². The number of aliphatic hydroxyl groups is 3. The molecule has 0 aliphatic rings. The van der Waals surface area contributed by atoms with E-state index < -0.39 is 49.5 Å². The van der Waals surface area contributed by atoms with Crippen molar-refractivity contribution >= 4 is 23.9 Å². The van der Waals surface area contributed by atoms with Gasteiger partial charge in [0.15, 0.2) is 11.5 Å².